The van der Waals surface area contributed by atoms with Crippen LogP contribution in [-0.2, 0) is 4.74 Å². The van der Waals surface area contributed by atoms with Gasteiger partial charge in [-0.05, 0) is 12.8 Å². The third kappa shape index (κ3) is 5.40. The smallest absolute Gasteiger partial charge is 0.273 e. The summed E-state index contributed by atoms with van der Waals surface area (Å²) in [6, 6.07) is -0.241. The first-order chi connectivity index (χ1) is 9.19. The van der Waals surface area contributed by atoms with Crippen molar-refractivity contribution in [2.45, 2.75) is 38.6 Å². The molecule has 0 radical (unpaired) electrons. The maximum Gasteiger partial charge on any atom is 0.273 e. The molecular formula is C13H23N3O3. The summed E-state index contributed by atoms with van der Waals surface area (Å²) in [5.74, 6) is 0.185. The molecule has 108 valence electrons. The van der Waals surface area contributed by atoms with Crippen molar-refractivity contribution in [3.05, 3.63) is 17.8 Å². The lowest BCUT2D eigenvalue weighted by atomic mass is 10.1. The number of carbonyl (C=O) groups excluding carboxylic acids is 1. The zero-order chi connectivity index (χ0) is 14.1. The lowest BCUT2D eigenvalue weighted by Crippen LogP contribution is -2.25. The fourth-order valence-electron chi connectivity index (χ4n) is 1.62. The summed E-state index contributed by atoms with van der Waals surface area (Å²) in [5.41, 5.74) is 6.21. The maximum absolute atomic E-state index is 11.7. The Labute approximate surface area is 113 Å². The predicted molar refractivity (Wildman–Crippen MR) is 71.8 cm³/mol. The molecule has 1 aromatic rings. The fourth-order valence-corrected chi connectivity index (χ4v) is 1.62. The van der Waals surface area contributed by atoms with Crippen molar-refractivity contribution < 1.29 is 13.9 Å². The van der Waals surface area contributed by atoms with Crippen LogP contribution in [0.5, 0.6) is 0 Å². The van der Waals surface area contributed by atoms with Gasteiger partial charge in [-0.2, -0.15) is 0 Å². The number of nitrogens with zero attached hydrogens (tertiary/aromatic N) is 1. The van der Waals surface area contributed by atoms with Gasteiger partial charge in [0.05, 0.1) is 6.04 Å². The predicted octanol–water partition coefficient (Wildman–Crippen LogP) is 1.63. The van der Waals surface area contributed by atoms with E-state index in [-0.39, 0.29) is 17.6 Å². The highest BCUT2D eigenvalue weighted by Crippen LogP contribution is 2.16. The van der Waals surface area contributed by atoms with Crippen LogP contribution in [0.4, 0.5) is 0 Å². The Morgan fingerprint density at radius 2 is 2.37 bits per heavy atom. The summed E-state index contributed by atoms with van der Waals surface area (Å²) in [4.78, 5) is 15.9. The Morgan fingerprint density at radius 3 is 3.05 bits per heavy atom. The van der Waals surface area contributed by atoms with Crippen LogP contribution in [0.2, 0.25) is 0 Å². The molecule has 0 saturated heterocycles. The van der Waals surface area contributed by atoms with Crippen molar-refractivity contribution in [3.8, 4) is 0 Å². The maximum atomic E-state index is 11.7. The molecule has 1 rings (SSSR count). The van der Waals surface area contributed by atoms with E-state index >= 15 is 0 Å². The third-order valence-electron chi connectivity index (χ3n) is 2.75. The second-order valence-corrected chi connectivity index (χ2v) is 4.42. The number of ether oxygens (including phenoxy) is 1. The van der Waals surface area contributed by atoms with E-state index in [4.69, 9.17) is 14.9 Å². The van der Waals surface area contributed by atoms with E-state index in [1.807, 2.05) is 0 Å². The Bertz CT molecular complexity index is 379. The van der Waals surface area contributed by atoms with E-state index in [0.29, 0.717) is 19.0 Å². The van der Waals surface area contributed by atoms with Crippen LogP contribution in [0.3, 0.4) is 0 Å². The van der Waals surface area contributed by atoms with Crippen molar-refractivity contribution in [1.82, 2.24) is 10.3 Å². The van der Waals surface area contributed by atoms with E-state index < -0.39 is 0 Å². The number of carbonyl (C=O) groups is 1. The first-order valence-corrected chi connectivity index (χ1v) is 6.67. The molecule has 1 amide bonds. The molecule has 0 spiro atoms. The molecule has 1 heterocycles. The van der Waals surface area contributed by atoms with Crippen molar-refractivity contribution in [1.29, 1.82) is 0 Å². The van der Waals surface area contributed by atoms with Gasteiger partial charge in [0.25, 0.3) is 5.91 Å². The van der Waals surface area contributed by atoms with E-state index in [9.17, 15) is 4.79 Å². The van der Waals surface area contributed by atoms with Crippen molar-refractivity contribution in [2.75, 3.05) is 20.3 Å². The van der Waals surface area contributed by atoms with Crippen LogP contribution in [0.25, 0.3) is 0 Å². The van der Waals surface area contributed by atoms with Gasteiger partial charge in [-0.25, -0.2) is 4.98 Å². The minimum Gasteiger partial charge on any atom is -0.446 e. The van der Waals surface area contributed by atoms with Crippen LogP contribution in [0, 0.1) is 0 Å². The number of unbranched alkanes of at least 4 members (excludes halogenated alkanes) is 1. The number of aromatic nitrogens is 1. The number of hydrogen-bond donors (Lipinski definition) is 2. The molecule has 0 saturated carbocycles. The Hall–Kier alpha value is -1.40. The minimum atomic E-state index is -0.242. The minimum absolute atomic E-state index is 0.241. The van der Waals surface area contributed by atoms with Crippen LogP contribution < -0.4 is 11.1 Å². The number of amides is 1. The highest BCUT2D eigenvalue weighted by Gasteiger charge is 2.16. The standard InChI is InChI=1S/C13H23N3O3/c1-3-4-6-10(14)13-16-11(9-19-13)12(17)15-7-5-8-18-2/h9-10H,3-8,14H2,1-2H3,(H,15,17). The SMILES string of the molecule is CCCCC(N)c1nc(C(=O)NCCCOC)co1. The van der Waals surface area contributed by atoms with Gasteiger partial charge in [0.2, 0.25) is 5.89 Å². The summed E-state index contributed by atoms with van der Waals surface area (Å²) in [6.45, 7) is 3.27. The van der Waals surface area contributed by atoms with Crippen LogP contribution in [-0.4, -0.2) is 31.2 Å². The molecule has 1 aromatic heterocycles. The van der Waals surface area contributed by atoms with Crippen molar-refractivity contribution in [3.63, 3.8) is 0 Å². The van der Waals surface area contributed by atoms with Gasteiger partial charge < -0.3 is 20.2 Å². The molecule has 0 aliphatic heterocycles. The molecule has 3 N–H and O–H groups in total. The molecule has 0 aromatic carbocycles. The quantitative estimate of drug-likeness (QED) is 0.665. The summed E-state index contributed by atoms with van der Waals surface area (Å²) in [5, 5.41) is 2.75. The van der Waals surface area contributed by atoms with Gasteiger partial charge in [0.1, 0.15) is 6.26 Å². The van der Waals surface area contributed by atoms with Crippen molar-refractivity contribution in [2.24, 2.45) is 5.73 Å². The zero-order valence-corrected chi connectivity index (χ0v) is 11.6. The van der Waals surface area contributed by atoms with E-state index in [1.165, 1.54) is 6.26 Å². The Morgan fingerprint density at radius 1 is 1.58 bits per heavy atom. The largest absolute Gasteiger partial charge is 0.446 e. The Kier molecular flexibility index (Phi) is 7.14. The number of nitrogens with one attached hydrogen (secondary N) is 1. The molecule has 19 heavy (non-hydrogen) atoms. The van der Waals surface area contributed by atoms with Gasteiger partial charge in [0.15, 0.2) is 5.69 Å². The van der Waals surface area contributed by atoms with Crippen molar-refractivity contribution >= 4 is 5.91 Å². The van der Waals surface area contributed by atoms with Gasteiger partial charge in [-0.15, -0.1) is 0 Å². The summed E-state index contributed by atoms with van der Waals surface area (Å²) >= 11 is 0. The van der Waals surface area contributed by atoms with E-state index in [0.717, 1.165) is 25.7 Å². The molecule has 1 atom stereocenters. The second kappa shape index (κ2) is 8.66. The summed E-state index contributed by atoms with van der Waals surface area (Å²) in [6.07, 6.45) is 5.02. The molecule has 0 bridgehead atoms. The van der Waals surface area contributed by atoms with Gasteiger partial charge in [-0.1, -0.05) is 19.8 Å². The Balaban J connectivity index is 2.42. The summed E-state index contributed by atoms with van der Waals surface area (Å²) < 4.78 is 10.2. The highest BCUT2D eigenvalue weighted by molar-refractivity contribution is 5.91. The molecular weight excluding hydrogens is 246 g/mol. The number of methoxy groups -OCH3 is 1. The fraction of sp³-hybridized carbons (Fsp3) is 0.692. The number of hydrogen-bond acceptors (Lipinski definition) is 5. The van der Waals surface area contributed by atoms with Gasteiger partial charge >= 0.3 is 0 Å². The first-order valence-electron chi connectivity index (χ1n) is 6.67. The second-order valence-electron chi connectivity index (χ2n) is 4.42. The average Bonchev–Trinajstić information content (AvgIpc) is 2.90. The van der Waals surface area contributed by atoms with Crippen LogP contribution in [0.1, 0.15) is 55.0 Å². The van der Waals surface area contributed by atoms with E-state index in [2.05, 4.69) is 17.2 Å². The third-order valence-corrected chi connectivity index (χ3v) is 2.75. The monoisotopic (exact) mass is 269 g/mol. The van der Waals surface area contributed by atoms with Crippen LogP contribution in [0.15, 0.2) is 10.7 Å². The van der Waals surface area contributed by atoms with E-state index in [1.54, 1.807) is 7.11 Å². The molecule has 6 nitrogen and oxygen atoms in total. The molecule has 0 aliphatic carbocycles. The lowest BCUT2D eigenvalue weighted by Gasteiger charge is -2.05. The van der Waals surface area contributed by atoms with Gasteiger partial charge in [-0.3, -0.25) is 4.79 Å². The van der Waals surface area contributed by atoms with Crippen LogP contribution >= 0.6 is 0 Å². The molecule has 0 fully saturated rings. The topological polar surface area (TPSA) is 90.4 Å². The molecule has 1 unspecified atom stereocenters. The highest BCUT2D eigenvalue weighted by atomic mass is 16.5. The molecule has 0 aliphatic rings. The normalized spacial score (nSPS) is 12.4. The number of oxazole rings is 1. The average molecular weight is 269 g/mol. The number of rotatable bonds is 9. The first kappa shape index (κ1) is 15.7. The lowest BCUT2D eigenvalue weighted by molar-refractivity contribution is 0.0943. The zero-order valence-electron chi connectivity index (χ0n) is 11.6. The van der Waals surface area contributed by atoms with Gasteiger partial charge in [0, 0.05) is 20.3 Å². The molecule has 6 heteroatoms. The summed E-state index contributed by atoms with van der Waals surface area (Å²) in [7, 11) is 1.63. The number of nitrogens with two attached hydrogens (primary N) is 1.